The van der Waals surface area contributed by atoms with Crippen molar-refractivity contribution < 1.29 is 0 Å². The highest BCUT2D eigenvalue weighted by Gasteiger charge is 1.61. The highest BCUT2D eigenvalue weighted by atomic mass is 35.5. The van der Waals surface area contributed by atoms with Gasteiger partial charge in [0.15, 0.2) is 0 Å². The maximum atomic E-state index is 7.32. The lowest BCUT2D eigenvalue weighted by Gasteiger charge is -1.63. The van der Waals surface area contributed by atoms with Crippen LogP contribution in [0, 0.1) is 11.3 Å². The van der Waals surface area contributed by atoms with Crippen LogP contribution in [0.3, 0.4) is 0 Å². The Morgan fingerprint density at radius 2 is 1.57 bits per heavy atom. The van der Waals surface area contributed by atoms with Crippen molar-refractivity contribution in [1.29, 1.82) is 5.26 Å². The molecule has 0 bridgehead atoms. The molecule has 0 heterocycles. The van der Waals surface area contributed by atoms with Gasteiger partial charge in [-0.3, -0.25) is 0 Å². The van der Waals surface area contributed by atoms with Crippen molar-refractivity contribution in [2.24, 2.45) is 0 Å². The van der Waals surface area contributed by atoms with E-state index in [1.165, 1.54) is 6.92 Å². The van der Waals surface area contributed by atoms with Crippen LogP contribution in [-0.2, 0) is 0 Å². The molecule has 0 aliphatic rings. The molecule has 0 unspecified atom stereocenters. The molecule has 0 rings (SSSR count). The zero-order chi connectivity index (χ0) is 6.12. The van der Waals surface area contributed by atoms with Gasteiger partial charge in [0.1, 0.15) is 0 Å². The predicted molar refractivity (Wildman–Crippen MR) is 32.7 cm³/mol. The van der Waals surface area contributed by atoms with Gasteiger partial charge < -0.3 is 0 Å². The number of alkyl halides is 2. The summed E-state index contributed by atoms with van der Waals surface area (Å²) < 4.78 is 0. The summed E-state index contributed by atoms with van der Waals surface area (Å²) in [6, 6.07) is 1.75. The van der Waals surface area contributed by atoms with Crippen molar-refractivity contribution in [2.75, 3.05) is 11.8 Å². The topological polar surface area (TPSA) is 23.8 Å². The SMILES string of the molecule is CC#N.ClCCCl. The first-order valence-corrected chi connectivity index (χ1v) is 2.83. The lowest BCUT2D eigenvalue weighted by molar-refractivity contribution is 1.49. The largest absolute Gasteiger partial charge is 0.199 e. The Morgan fingerprint density at radius 1 is 1.43 bits per heavy atom. The summed E-state index contributed by atoms with van der Waals surface area (Å²) in [6.07, 6.45) is 0. The molecule has 42 valence electrons. The second-order valence-electron chi connectivity index (χ2n) is 0.602. The van der Waals surface area contributed by atoms with Crippen molar-refractivity contribution in [3.63, 3.8) is 0 Å². The first-order valence-electron chi connectivity index (χ1n) is 1.76. The van der Waals surface area contributed by atoms with E-state index in [9.17, 15) is 0 Å². The first-order chi connectivity index (χ1) is 3.33. The highest BCUT2D eigenvalue weighted by molar-refractivity contribution is 6.25. The molecule has 0 aliphatic carbocycles. The van der Waals surface area contributed by atoms with Crippen molar-refractivity contribution >= 4 is 23.2 Å². The molecule has 0 aliphatic heterocycles. The smallest absolute Gasteiger partial charge is 0.0587 e. The Hall–Kier alpha value is 0.0700. The lowest BCUT2D eigenvalue weighted by atomic mass is 11.0. The third kappa shape index (κ3) is 87.8. The Labute approximate surface area is 53.8 Å². The summed E-state index contributed by atoms with van der Waals surface area (Å²) >= 11 is 10.1. The number of nitrogens with zero attached hydrogens (tertiary/aromatic N) is 1. The lowest BCUT2D eigenvalue weighted by Crippen LogP contribution is -1.63. The van der Waals surface area contributed by atoms with Crippen LogP contribution in [-0.4, -0.2) is 11.8 Å². The summed E-state index contributed by atoms with van der Waals surface area (Å²) in [4.78, 5) is 0. The molecule has 0 aromatic heterocycles. The molecule has 0 spiro atoms. The van der Waals surface area contributed by atoms with Gasteiger partial charge in [-0.05, 0) is 0 Å². The molecular weight excluding hydrogens is 133 g/mol. The van der Waals surface area contributed by atoms with E-state index in [0.717, 1.165) is 0 Å². The van der Waals surface area contributed by atoms with E-state index in [0.29, 0.717) is 11.8 Å². The van der Waals surface area contributed by atoms with Crippen LogP contribution in [0.1, 0.15) is 6.92 Å². The van der Waals surface area contributed by atoms with E-state index in [2.05, 4.69) is 0 Å². The maximum Gasteiger partial charge on any atom is 0.0587 e. The zero-order valence-corrected chi connectivity index (χ0v) is 5.63. The first kappa shape index (κ1) is 10.1. The number of rotatable bonds is 1. The Balaban J connectivity index is 0. The normalized spacial score (nSPS) is 5.43. The molecule has 0 fully saturated rings. The average Bonchev–Trinajstić information content (AvgIpc) is 1.69. The van der Waals surface area contributed by atoms with Crippen LogP contribution in [0.25, 0.3) is 0 Å². The summed E-state index contributed by atoms with van der Waals surface area (Å²) in [5, 5.41) is 7.32. The molecule has 0 saturated heterocycles. The van der Waals surface area contributed by atoms with Crippen LogP contribution >= 0.6 is 23.2 Å². The van der Waals surface area contributed by atoms with Crippen LogP contribution in [0.4, 0.5) is 0 Å². The number of halogens is 2. The minimum atomic E-state index is 0.557. The highest BCUT2D eigenvalue weighted by Crippen LogP contribution is 1.75. The van der Waals surface area contributed by atoms with Gasteiger partial charge in [0, 0.05) is 18.7 Å². The molecule has 0 N–H and O–H groups in total. The standard InChI is InChI=1S/C2H4Cl2.C2H3N/c3-1-2-4;1-2-3/h1-2H2;1H3. The van der Waals surface area contributed by atoms with Gasteiger partial charge in [-0.25, -0.2) is 0 Å². The van der Waals surface area contributed by atoms with E-state index in [1.54, 1.807) is 6.07 Å². The number of hydrogen-bond acceptors (Lipinski definition) is 1. The summed E-state index contributed by atoms with van der Waals surface area (Å²) in [5.41, 5.74) is 0. The van der Waals surface area contributed by atoms with Gasteiger partial charge in [0.25, 0.3) is 0 Å². The molecule has 3 heteroatoms. The second kappa shape index (κ2) is 16.6. The maximum absolute atomic E-state index is 7.32. The van der Waals surface area contributed by atoms with E-state index >= 15 is 0 Å². The van der Waals surface area contributed by atoms with Gasteiger partial charge in [0.05, 0.1) is 6.07 Å². The fourth-order valence-electron chi connectivity index (χ4n) is 0. The fourth-order valence-corrected chi connectivity index (χ4v) is 0. The summed E-state index contributed by atoms with van der Waals surface area (Å²) in [7, 11) is 0. The van der Waals surface area contributed by atoms with Crippen LogP contribution in [0.15, 0.2) is 0 Å². The second-order valence-corrected chi connectivity index (χ2v) is 1.36. The summed E-state index contributed by atoms with van der Waals surface area (Å²) in [6.45, 7) is 1.43. The molecule has 7 heavy (non-hydrogen) atoms. The predicted octanol–water partition coefficient (Wildman–Crippen LogP) is 1.99. The Kier molecular flexibility index (Phi) is 24.0. The van der Waals surface area contributed by atoms with Crippen molar-refractivity contribution in [3.05, 3.63) is 0 Å². The van der Waals surface area contributed by atoms with Crippen LogP contribution in [0.5, 0.6) is 0 Å². The molecule has 0 atom stereocenters. The van der Waals surface area contributed by atoms with E-state index in [4.69, 9.17) is 28.5 Å². The third-order valence-corrected chi connectivity index (χ3v) is 0.643. The summed E-state index contributed by atoms with van der Waals surface area (Å²) in [5.74, 6) is 1.11. The van der Waals surface area contributed by atoms with Crippen molar-refractivity contribution in [3.8, 4) is 6.07 Å². The van der Waals surface area contributed by atoms with Gasteiger partial charge in [-0.15, -0.1) is 23.2 Å². The zero-order valence-electron chi connectivity index (χ0n) is 4.12. The minimum Gasteiger partial charge on any atom is -0.199 e. The minimum absolute atomic E-state index is 0.557. The average molecular weight is 140 g/mol. The number of hydrogen-bond donors (Lipinski definition) is 0. The van der Waals surface area contributed by atoms with Crippen molar-refractivity contribution in [1.82, 2.24) is 0 Å². The Morgan fingerprint density at radius 3 is 1.57 bits per heavy atom. The molecule has 1 nitrogen and oxygen atoms in total. The molecule has 0 aromatic carbocycles. The van der Waals surface area contributed by atoms with E-state index < -0.39 is 0 Å². The molecule has 0 amide bonds. The van der Waals surface area contributed by atoms with E-state index in [-0.39, 0.29) is 0 Å². The molecular formula is C4H7Cl2N. The van der Waals surface area contributed by atoms with Gasteiger partial charge in [-0.2, -0.15) is 5.26 Å². The van der Waals surface area contributed by atoms with E-state index in [1.807, 2.05) is 0 Å². The van der Waals surface area contributed by atoms with Gasteiger partial charge in [0.2, 0.25) is 0 Å². The number of nitriles is 1. The molecule has 0 radical (unpaired) electrons. The Bertz CT molecular complexity index is 46.1. The quantitative estimate of drug-likeness (QED) is 0.511. The molecule has 0 aromatic rings. The molecule has 0 saturated carbocycles. The third-order valence-electron chi connectivity index (χ3n) is 0.0714. The van der Waals surface area contributed by atoms with Gasteiger partial charge >= 0.3 is 0 Å². The van der Waals surface area contributed by atoms with Crippen LogP contribution < -0.4 is 0 Å². The fraction of sp³-hybridized carbons (Fsp3) is 0.750. The van der Waals surface area contributed by atoms with Crippen molar-refractivity contribution in [2.45, 2.75) is 6.92 Å². The van der Waals surface area contributed by atoms with Gasteiger partial charge in [-0.1, -0.05) is 0 Å². The monoisotopic (exact) mass is 139 g/mol. The van der Waals surface area contributed by atoms with Crippen LogP contribution in [0.2, 0.25) is 0 Å².